The molecule has 1 saturated heterocycles. The van der Waals surface area contributed by atoms with Crippen molar-refractivity contribution in [1.29, 1.82) is 0 Å². The second-order valence-electron chi connectivity index (χ2n) is 5.02. The Balaban J connectivity index is 1.73. The molecule has 2 aromatic carbocycles. The Kier molecular flexibility index (Phi) is 3.18. The highest BCUT2D eigenvalue weighted by atomic mass is 32.2. The van der Waals surface area contributed by atoms with E-state index >= 15 is 0 Å². The van der Waals surface area contributed by atoms with Crippen LogP contribution < -0.4 is 14.4 Å². The van der Waals surface area contributed by atoms with Crippen molar-refractivity contribution < 1.29 is 18.7 Å². The highest BCUT2D eigenvalue weighted by Crippen LogP contribution is 2.44. The van der Waals surface area contributed by atoms with E-state index in [-0.39, 0.29) is 23.9 Å². The smallest absolute Gasteiger partial charge is 0.238 e. The van der Waals surface area contributed by atoms with Crippen LogP contribution in [0.5, 0.6) is 11.5 Å². The molecule has 2 heterocycles. The molecule has 6 heteroatoms. The summed E-state index contributed by atoms with van der Waals surface area (Å²) in [5.74, 6) is 1.36. The molecule has 0 bridgehead atoms. The molecule has 1 atom stereocenters. The van der Waals surface area contributed by atoms with E-state index in [0.29, 0.717) is 17.3 Å². The van der Waals surface area contributed by atoms with Gasteiger partial charge in [0, 0.05) is 11.8 Å². The van der Waals surface area contributed by atoms with Gasteiger partial charge < -0.3 is 9.47 Å². The molecule has 0 radical (unpaired) electrons. The minimum Gasteiger partial charge on any atom is -0.454 e. The number of carbonyl (C=O) groups is 1. The number of hydrogen-bond acceptors (Lipinski definition) is 4. The molecular formula is C16H12FNO3S. The second kappa shape index (κ2) is 5.21. The first-order valence-corrected chi connectivity index (χ1v) is 7.86. The number of rotatable bonds is 2. The lowest BCUT2D eigenvalue weighted by Crippen LogP contribution is -2.27. The van der Waals surface area contributed by atoms with Gasteiger partial charge in [-0.25, -0.2) is 4.39 Å². The zero-order valence-corrected chi connectivity index (χ0v) is 12.3. The Hall–Kier alpha value is -2.21. The lowest BCUT2D eigenvalue weighted by atomic mass is 10.1. The summed E-state index contributed by atoms with van der Waals surface area (Å²) in [5, 5.41) is -0.233. The lowest BCUT2D eigenvalue weighted by molar-refractivity contribution is -0.115. The average Bonchev–Trinajstić information content (AvgIpc) is 3.12. The van der Waals surface area contributed by atoms with E-state index in [1.54, 1.807) is 23.1 Å². The molecule has 2 aliphatic heterocycles. The van der Waals surface area contributed by atoms with E-state index < -0.39 is 0 Å². The molecule has 0 aromatic heterocycles. The number of hydrogen-bond donors (Lipinski definition) is 0. The number of ether oxygens (including phenoxy) is 2. The van der Waals surface area contributed by atoms with Gasteiger partial charge in [0.1, 0.15) is 11.2 Å². The Morgan fingerprint density at radius 1 is 1.14 bits per heavy atom. The summed E-state index contributed by atoms with van der Waals surface area (Å²) in [7, 11) is 0. The minimum atomic E-state index is -0.303. The quantitative estimate of drug-likeness (QED) is 0.851. The summed E-state index contributed by atoms with van der Waals surface area (Å²) in [6.07, 6.45) is 0. The van der Waals surface area contributed by atoms with Crippen molar-refractivity contribution in [2.24, 2.45) is 0 Å². The van der Waals surface area contributed by atoms with Crippen molar-refractivity contribution in [3.05, 3.63) is 53.8 Å². The van der Waals surface area contributed by atoms with Crippen LogP contribution in [0.2, 0.25) is 0 Å². The molecule has 2 aromatic rings. The molecule has 2 aliphatic rings. The van der Waals surface area contributed by atoms with Gasteiger partial charge in [0.05, 0.1) is 5.75 Å². The number of anilines is 1. The zero-order chi connectivity index (χ0) is 15.1. The van der Waals surface area contributed by atoms with Gasteiger partial charge >= 0.3 is 0 Å². The van der Waals surface area contributed by atoms with Crippen LogP contribution in [0, 0.1) is 5.82 Å². The first kappa shape index (κ1) is 13.5. The molecule has 0 N–H and O–H groups in total. The summed E-state index contributed by atoms with van der Waals surface area (Å²) < 4.78 is 24.1. The fourth-order valence-electron chi connectivity index (χ4n) is 2.65. The van der Waals surface area contributed by atoms with Gasteiger partial charge in [-0.1, -0.05) is 12.1 Å². The van der Waals surface area contributed by atoms with Crippen molar-refractivity contribution in [2.75, 3.05) is 17.4 Å². The van der Waals surface area contributed by atoms with Gasteiger partial charge in [0.25, 0.3) is 0 Å². The minimum absolute atomic E-state index is 0.00173. The number of fused-ring (bicyclic) bond motifs is 1. The van der Waals surface area contributed by atoms with Crippen LogP contribution in [0.3, 0.4) is 0 Å². The van der Waals surface area contributed by atoms with Gasteiger partial charge in [-0.15, -0.1) is 11.8 Å². The normalized spacial score (nSPS) is 19.8. The molecule has 1 amide bonds. The maximum Gasteiger partial charge on any atom is 0.238 e. The van der Waals surface area contributed by atoms with Crippen LogP contribution in [0.4, 0.5) is 10.1 Å². The monoisotopic (exact) mass is 317 g/mol. The van der Waals surface area contributed by atoms with Gasteiger partial charge in [-0.3, -0.25) is 9.69 Å². The average molecular weight is 317 g/mol. The first-order valence-electron chi connectivity index (χ1n) is 6.81. The number of nitrogens with zero attached hydrogens (tertiary/aromatic N) is 1. The predicted octanol–water partition coefficient (Wildman–Crippen LogP) is 3.33. The Morgan fingerprint density at radius 3 is 2.86 bits per heavy atom. The van der Waals surface area contributed by atoms with Crippen LogP contribution in [0.15, 0.2) is 42.5 Å². The number of carbonyl (C=O) groups excluding carboxylic acids is 1. The first-order chi connectivity index (χ1) is 10.7. The van der Waals surface area contributed by atoms with Crippen molar-refractivity contribution in [3.8, 4) is 11.5 Å². The third kappa shape index (κ3) is 2.20. The molecule has 1 fully saturated rings. The summed E-state index contributed by atoms with van der Waals surface area (Å²) in [4.78, 5) is 14.0. The van der Waals surface area contributed by atoms with E-state index in [1.165, 1.54) is 23.9 Å². The van der Waals surface area contributed by atoms with E-state index in [4.69, 9.17) is 9.47 Å². The van der Waals surface area contributed by atoms with Crippen LogP contribution in [-0.4, -0.2) is 18.5 Å². The molecule has 0 aliphatic carbocycles. The third-order valence-corrected chi connectivity index (χ3v) is 4.85. The Morgan fingerprint density at radius 2 is 2.00 bits per heavy atom. The van der Waals surface area contributed by atoms with Gasteiger partial charge in [-0.05, 0) is 29.8 Å². The number of amides is 1. The SMILES string of the molecule is O=C1CSC(c2cccc(F)c2)N1c1ccc2c(c1)OCO2. The maximum absolute atomic E-state index is 13.5. The van der Waals surface area contributed by atoms with Crippen molar-refractivity contribution in [3.63, 3.8) is 0 Å². The summed E-state index contributed by atoms with van der Waals surface area (Å²) in [6, 6.07) is 11.8. The van der Waals surface area contributed by atoms with Gasteiger partial charge in [0.15, 0.2) is 11.5 Å². The highest BCUT2D eigenvalue weighted by molar-refractivity contribution is 8.00. The van der Waals surface area contributed by atoms with E-state index in [1.807, 2.05) is 12.1 Å². The van der Waals surface area contributed by atoms with Gasteiger partial charge in [-0.2, -0.15) is 0 Å². The lowest BCUT2D eigenvalue weighted by Gasteiger charge is -2.24. The van der Waals surface area contributed by atoms with Gasteiger partial charge in [0.2, 0.25) is 12.7 Å². The molecule has 0 spiro atoms. The fourth-order valence-corrected chi connectivity index (χ4v) is 3.81. The summed E-state index contributed by atoms with van der Waals surface area (Å²) in [5.41, 5.74) is 1.50. The fraction of sp³-hybridized carbons (Fsp3) is 0.188. The standard InChI is InChI=1S/C16H12FNO3S/c17-11-3-1-2-10(6-11)16-18(15(19)8-22-16)12-4-5-13-14(7-12)21-9-20-13/h1-7,16H,8-9H2. The number of benzene rings is 2. The second-order valence-corrected chi connectivity index (χ2v) is 6.09. The number of halogens is 1. The van der Waals surface area contributed by atoms with Crippen LogP contribution in [0.1, 0.15) is 10.9 Å². The molecule has 112 valence electrons. The molecule has 1 unspecified atom stereocenters. The maximum atomic E-state index is 13.5. The molecule has 4 nitrogen and oxygen atoms in total. The largest absolute Gasteiger partial charge is 0.454 e. The predicted molar refractivity (Wildman–Crippen MR) is 81.7 cm³/mol. The van der Waals surface area contributed by atoms with Crippen molar-refractivity contribution in [2.45, 2.75) is 5.37 Å². The Labute approximate surface area is 130 Å². The van der Waals surface area contributed by atoms with Crippen LogP contribution in [-0.2, 0) is 4.79 Å². The van der Waals surface area contributed by atoms with E-state index in [0.717, 1.165) is 11.3 Å². The molecule has 4 rings (SSSR count). The zero-order valence-electron chi connectivity index (χ0n) is 11.5. The summed E-state index contributed by atoms with van der Waals surface area (Å²) >= 11 is 1.49. The Bertz CT molecular complexity index is 752. The third-order valence-electron chi connectivity index (χ3n) is 3.64. The topological polar surface area (TPSA) is 38.8 Å². The van der Waals surface area contributed by atoms with Crippen LogP contribution >= 0.6 is 11.8 Å². The molecule has 22 heavy (non-hydrogen) atoms. The van der Waals surface area contributed by atoms with E-state index in [9.17, 15) is 9.18 Å². The molecular weight excluding hydrogens is 305 g/mol. The highest BCUT2D eigenvalue weighted by Gasteiger charge is 2.35. The molecule has 0 saturated carbocycles. The van der Waals surface area contributed by atoms with E-state index in [2.05, 4.69) is 0 Å². The summed E-state index contributed by atoms with van der Waals surface area (Å²) in [6.45, 7) is 0.189. The van der Waals surface area contributed by atoms with Crippen molar-refractivity contribution in [1.82, 2.24) is 0 Å². The van der Waals surface area contributed by atoms with Crippen molar-refractivity contribution >= 4 is 23.4 Å². The number of thioether (sulfide) groups is 1. The van der Waals surface area contributed by atoms with Crippen LogP contribution in [0.25, 0.3) is 0 Å².